The van der Waals surface area contributed by atoms with E-state index in [1.165, 1.54) is 14.0 Å². The molecule has 23 heavy (non-hydrogen) atoms. The fourth-order valence-corrected chi connectivity index (χ4v) is 1.85. The molecule has 0 saturated heterocycles. The Labute approximate surface area is 134 Å². The van der Waals surface area contributed by atoms with Crippen molar-refractivity contribution in [3.05, 3.63) is 54.1 Å². The van der Waals surface area contributed by atoms with E-state index in [1.807, 2.05) is 0 Å². The number of nitrogens with two attached hydrogens (primary N) is 1. The van der Waals surface area contributed by atoms with Crippen LogP contribution in [0.15, 0.2) is 48.5 Å². The molecule has 0 aromatic heterocycles. The molecule has 120 valence electrons. The van der Waals surface area contributed by atoms with Gasteiger partial charge in [0, 0.05) is 17.4 Å². The summed E-state index contributed by atoms with van der Waals surface area (Å²) >= 11 is 0. The summed E-state index contributed by atoms with van der Waals surface area (Å²) in [5, 5.41) is 2.67. The van der Waals surface area contributed by atoms with Crippen LogP contribution in [0.3, 0.4) is 0 Å². The van der Waals surface area contributed by atoms with Crippen LogP contribution in [0.5, 0.6) is 5.75 Å². The van der Waals surface area contributed by atoms with E-state index in [-0.39, 0.29) is 0 Å². The minimum Gasteiger partial charge on any atom is -0.497 e. The Morgan fingerprint density at radius 2 is 1.83 bits per heavy atom. The second-order valence-corrected chi connectivity index (χ2v) is 4.89. The van der Waals surface area contributed by atoms with Crippen LogP contribution in [0.25, 0.3) is 0 Å². The number of ether oxygens (including phenoxy) is 2. The van der Waals surface area contributed by atoms with Crippen LogP contribution in [0, 0.1) is 0 Å². The Bertz CT molecular complexity index is 698. The molecule has 2 aromatic carbocycles. The van der Waals surface area contributed by atoms with Gasteiger partial charge in [-0.05, 0) is 43.3 Å². The molecule has 1 amide bonds. The summed E-state index contributed by atoms with van der Waals surface area (Å²) in [5.41, 5.74) is 7.00. The van der Waals surface area contributed by atoms with E-state index >= 15 is 0 Å². The number of anilines is 2. The highest BCUT2D eigenvalue weighted by molar-refractivity contribution is 5.97. The predicted octanol–water partition coefficient (Wildman–Crippen LogP) is 2.46. The normalized spacial score (nSPS) is 11.4. The molecular weight excluding hydrogens is 296 g/mol. The van der Waals surface area contributed by atoms with Gasteiger partial charge in [-0.15, -0.1) is 0 Å². The van der Waals surface area contributed by atoms with E-state index in [4.69, 9.17) is 15.2 Å². The third-order valence-electron chi connectivity index (χ3n) is 3.14. The number of hydrogen-bond acceptors (Lipinski definition) is 5. The molecule has 0 radical (unpaired) electrons. The van der Waals surface area contributed by atoms with Gasteiger partial charge in [-0.2, -0.15) is 0 Å². The molecule has 0 aliphatic rings. The van der Waals surface area contributed by atoms with Crippen molar-refractivity contribution in [2.45, 2.75) is 13.0 Å². The Balaban J connectivity index is 1.96. The number of nitrogens with one attached hydrogen (secondary N) is 1. The molecule has 1 unspecified atom stereocenters. The lowest BCUT2D eigenvalue weighted by Crippen LogP contribution is -2.30. The number of esters is 1. The number of carbonyl (C=O) groups excluding carboxylic acids is 2. The molecule has 2 aromatic rings. The van der Waals surface area contributed by atoms with Crippen LogP contribution in [-0.2, 0) is 9.53 Å². The first-order valence-corrected chi connectivity index (χ1v) is 7.01. The van der Waals surface area contributed by atoms with Crippen molar-refractivity contribution in [1.29, 1.82) is 0 Å². The minimum absolute atomic E-state index is 0.334. The highest BCUT2D eigenvalue weighted by atomic mass is 16.5. The fourth-order valence-electron chi connectivity index (χ4n) is 1.85. The Morgan fingerprint density at radius 1 is 1.13 bits per heavy atom. The van der Waals surface area contributed by atoms with Crippen LogP contribution in [-0.4, -0.2) is 25.1 Å². The number of benzene rings is 2. The fraction of sp³-hybridized carbons (Fsp3) is 0.176. The van der Waals surface area contributed by atoms with Crippen molar-refractivity contribution in [3.8, 4) is 5.75 Å². The minimum atomic E-state index is -0.939. The number of amides is 1. The number of rotatable bonds is 5. The quantitative estimate of drug-likeness (QED) is 0.653. The molecule has 3 N–H and O–H groups in total. The van der Waals surface area contributed by atoms with Gasteiger partial charge in [0.1, 0.15) is 5.75 Å². The summed E-state index contributed by atoms with van der Waals surface area (Å²) in [4.78, 5) is 24.0. The van der Waals surface area contributed by atoms with Gasteiger partial charge in [-0.1, -0.05) is 6.07 Å². The molecule has 6 nitrogen and oxygen atoms in total. The zero-order chi connectivity index (χ0) is 16.8. The molecular formula is C17H18N2O4. The van der Waals surface area contributed by atoms with Crippen molar-refractivity contribution in [1.82, 2.24) is 0 Å². The lowest BCUT2D eigenvalue weighted by molar-refractivity contribution is -0.123. The van der Waals surface area contributed by atoms with Crippen molar-refractivity contribution < 1.29 is 19.1 Å². The summed E-state index contributed by atoms with van der Waals surface area (Å²) in [6.45, 7) is 1.50. The van der Waals surface area contributed by atoms with Crippen LogP contribution in [0.2, 0.25) is 0 Å². The molecule has 0 aliphatic heterocycles. The SMILES string of the molecule is COc1cccc(NC(=O)C(C)OC(=O)c2ccc(N)cc2)c1. The van der Waals surface area contributed by atoms with Gasteiger partial charge in [-0.3, -0.25) is 4.79 Å². The lowest BCUT2D eigenvalue weighted by Gasteiger charge is -2.14. The van der Waals surface area contributed by atoms with Crippen molar-refractivity contribution >= 4 is 23.3 Å². The monoisotopic (exact) mass is 314 g/mol. The maximum Gasteiger partial charge on any atom is 0.338 e. The van der Waals surface area contributed by atoms with Crippen molar-refractivity contribution in [3.63, 3.8) is 0 Å². The van der Waals surface area contributed by atoms with Gasteiger partial charge < -0.3 is 20.5 Å². The maximum absolute atomic E-state index is 12.1. The third kappa shape index (κ3) is 4.47. The van der Waals surface area contributed by atoms with Crippen molar-refractivity contribution in [2.24, 2.45) is 0 Å². The van der Waals surface area contributed by atoms with E-state index in [2.05, 4.69) is 5.32 Å². The molecule has 1 atom stereocenters. The number of hydrogen-bond donors (Lipinski definition) is 2. The predicted molar refractivity (Wildman–Crippen MR) is 87.4 cm³/mol. The summed E-state index contributed by atoms with van der Waals surface area (Å²) in [5.74, 6) is -0.394. The first-order valence-electron chi connectivity index (χ1n) is 7.01. The van der Waals surface area contributed by atoms with E-state index < -0.39 is 18.0 Å². The van der Waals surface area contributed by atoms with Crippen LogP contribution in [0.1, 0.15) is 17.3 Å². The molecule has 6 heteroatoms. The van der Waals surface area contributed by atoms with Gasteiger partial charge in [0.15, 0.2) is 6.10 Å². The highest BCUT2D eigenvalue weighted by Gasteiger charge is 2.19. The topological polar surface area (TPSA) is 90.6 Å². The first kappa shape index (κ1) is 16.4. The van der Waals surface area contributed by atoms with E-state index in [0.717, 1.165) is 0 Å². The van der Waals surface area contributed by atoms with Gasteiger partial charge in [-0.25, -0.2) is 4.79 Å². The molecule has 0 fully saturated rings. The van der Waals surface area contributed by atoms with Gasteiger partial charge in [0.05, 0.1) is 12.7 Å². The second-order valence-electron chi connectivity index (χ2n) is 4.89. The smallest absolute Gasteiger partial charge is 0.338 e. The largest absolute Gasteiger partial charge is 0.497 e. The molecule has 0 saturated carbocycles. The first-order chi connectivity index (χ1) is 11.0. The molecule has 0 bridgehead atoms. The summed E-state index contributed by atoms with van der Waals surface area (Å²) in [6, 6.07) is 13.2. The Morgan fingerprint density at radius 3 is 2.48 bits per heavy atom. The van der Waals surface area contributed by atoms with Crippen LogP contribution < -0.4 is 15.8 Å². The van der Waals surface area contributed by atoms with E-state index in [1.54, 1.807) is 48.5 Å². The summed E-state index contributed by atoms with van der Waals surface area (Å²) in [6.07, 6.45) is -0.939. The van der Waals surface area contributed by atoms with E-state index in [9.17, 15) is 9.59 Å². The number of nitrogen functional groups attached to an aromatic ring is 1. The molecule has 0 heterocycles. The average Bonchev–Trinajstić information content (AvgIpc) is 2.55. The lowest BCUT2D eigenvalue weighted by atomic mass is 10.2. The van der Waals surface area contributed by atoms with Gasteiger partial charge >= 0.3 is 5.97 Å². The molecule has 0 spiro atoms. The number of methoxy groups -OCH3 is 1. The third-order valence-corrected chi connectivity index (χ3v) is 3.14. The van der Waals surface area contributed by atoms with E-state index in [0.29, 0.717) is 22.7 Å². The molecule has 0 aliphatic carbocycles. The number of carbonyl (C=O) groups is 2. The van der Waals surface area contributed by atoms with Crippen LogP contribution in [0.4, 0.5) is 11.4 Å². The zero-order valence-electron chi connectivity index (χ0n) is 12.9. The van der Waals surface area contributed by atoms with Crippen LogP contribution >= 0.6 is 0 Å². The second kappa shape index (κ2) is 7.31. The van der Waals surface area contributed by atoms with Gasteiger partial charge in [0.2, 0.25) is 0 Å². The highest BCUT2D eigenvalue weighted by Crippen LogP contribution is 2.17. The standard InChI is InChI=1S/C17H18N2O4/c1-11(23-17(21)12-6-8-13(18)9-7-12)16(20)19-14-4-3-5-15(10-14)22-2/h3-11H,18H2,1-2H3,(H,19,20). The average molecular weight is 314 g/mol. The van der Waals surface area contributed by atoms with Crippen molar-refractivity contribution in [2.75, 3.05) is 18.2 Å². The summed E-state index contributed by atoms with van der Waals surface area (Å²) < 4.78 is 10.2. The Kier molecular flexibility index (Phi) is 5.19. The Hall–Kier alpha value is -3.02. The maximum atomic E-state index is 12.1. The zero-order valence-corrected chi connectivity index (χ0v) is 12.9. The molecule has 2 rings (SSSR count). The summed E-state index contributed by atoms with van der Waals surface area (Å²) in [7, 11) is 1.54. The van der Waals surface area contributed by atoms with Gasteiger partial charge in [0.25, 0.3) is 5.91 Å².